The Morgan fingerprint density at radius 3 is 2.17 bits per heavy atom. The van der Waals surface area contributed by atoms with E-state index in [1.54, 1.807) is 0 Å². The molecule has 2 amide bonds. The van der Waals surface area contributed by atoms with Gasteiger partial charge in [-0.1, -0.05) is 32.9 Å². The van der Waals surface area contributed by atoms with Gasteiger partial charge >= 0.3 is 0 Å². The molecular formula is C22H28N2O4S. The van der Waals surface area contributed by atoms with Crippen LogP contribution >= 0.6 is 0 Å². The van der Waals surface area contributed by atoms with Crippen LogP contribution < -0.4 is 4.90 Å². The van der Waals surface area contributed by atoms with Crippen molar-refractivity contribution in [3.05, 3.63) is 49.6 Å². The topological polar surface area (TPSA) is 74.8 Å². The van der Waals surface area contributed by atoms with Crippen molar-refractivity contribution in [2.45, 2.75) is 38.5 Å². The first-order valence-corrected chi connectivity index (χ1v) is 11.2. The molecule has 1 aromatic rings. The van der Waals surface area contributed by atoms with Gasteiger partial charge in [0.05, 0.1) is 16.0 Å². The van der Waals surface area contributed by atoms with Crippen LogP contribution in [-0.2, 0) is 19.6 Å². The molecule has 2 aliphatic rings. The Kier molecular flexibility index (Phi) is 5.34. The minimum absolute atomic E-state index is 0.0939. The van der Waals surface area contributed by atoms with Crippen LogP contribution in [0.2, 0.25) is 0 Å². The summed E-state index contributed by atoms with van der Waals surface area (Å²) in [5.41, 5.74) is -0.593. The third-order valence-electron chi connectivity index (χ3n) is 6.82. The second kappa shape index (κ2) is 7.22. The number of rotatable bonds is 7. The molecule has 2 atom stereocenters. The van der Waals surface area contributed by atoms with Crippen LogP contribution in [0.25, 0.3) is 0 Å². The number of hydrogen-bond donors (Lipinski definition) is 0. The number of fused-ring (bicyclic) bond motifs is 2. The Bertz CT molecular complexity index is 955. The summed E-state index contributed by atoms with van der Waals surface area (Å²) in [5.74, 6) is -0.633. The zero-order valence-corrected chi connectivity index (χ0v) is 18.0. The quantitative estimate of drug-likeness (QED) is 0.505. The van der Waals surface area contributed by atoms with Crippen molar-refractivity contribution in [2.75, 3.05) is 18.0 Å². The second-order valence-corrected chi connectivity index (χ2v) is 10.5. The van der Waals surface area contributed by atoms with Crippen LogP contribution in [0.15, 0.2) is 54.5 Å². The number of carbonyl (C=O) groups excluding carboxylic acids is 2. The van der Waals surface area contributed by atoms with Crippen molar-refractivity contribution in [3.63, 3.8) is 0 Å². The summed E-state index contributed by atoms with van der Waals surface area (Å²) in [6, 6.07) is 5.94. The Morgan fingerprint density at radius 1 is 1.10 bits per heavy atom. The van der Waals surface area contributed by atoms with Gasteiger partial charge in [0.25, 0.3) is 0 Å². The summed E-state index contributed by atoms with van der Waals surface area (Å²) >= 11 is 0. The molecule has 1 saturated heterocycles. The van der Waals surface area contributed by atoms with Gasteiger partial charge in [-0.3, -0.25) is 9.59 Å². The molecule has 156 valence electrons. The lowest BCUT2D eigenvalue weighted by molar-refractivity contribution is -0.146. The normalized spacial score (nSPS) is 26.1. The predicted octanol–water partition coefficient (Wildman–Crippen LogP) is 3.37. The van der Waals surface area contributed by atoms with Gasteiger partial charge in [-0.05, 0) is 42.5 Å². The molecule has 1 aliphatic heterocycles. The van der Waals surface area contributed by atoms with Crippen molar-refractivity contribution < 1.29 is 18.0 Å². The van der Waals surface area contributed by atoms with E-state index in [-0.39, 0.29) is 35.7 Å². The Labute approximate surface area is 172 Å². The third-order valence-corrected chi connectivity index (χ3v) is 8.66. The maximum atomic E-state index is 13.2. The van der Waals surface area contributed by atoms with Crippen molar-refractivity contribution >= 4 is 27.5 Å². The number of anilines is 1. The minimum Gasteiger partial charge on any atom is -0.274 e. The average molecular weight is 417 g/mol. The first-order valence-electron chi connectivity index (χ1n) is 9.73. The van der Waals surface area contributed by atoms with E-state index in [1.165, 1.54) is 45.6 Å². The number of imide groups is 1. The fourth-order valence-electron chi connectivity index (χ4n) is 4.54. The molecule has 0 radical (unpaired) electrons. The van der Waals surface area contributed by atoms with Gasteiger partial charge in [-0.25, -0.2) is 13.3 Å². The summed E-state index contributed by atoms with van der Waals surface area (Å²) < 4.78 is 27.0. The minimum atomic E-state index is -3.74. The Morgan fingerprint density at radius 2 is 1.66 bits per heavy atom. The van der Waals surface area contributed by atoms with Gasteiger partial charge in [0.15, 0.2) is 0 Å². The van der Waals surface area contributed by atoms with Gasteiger partial charge in [-0.15, -0.1) is 13.2 Å². The number of piperidine rings is 1. The molecule has 1 heterocycles. The molecule has 7 heteroatoms. The van der Waals surface area contributed by atoms with Crippen LogP contribution in [0.5, 0.6) is 0 Å². The number of carbonyl (C=O) groups is 2. The van der Waals surface area contributed by atoms with Crippen LogP contribution in [0.3, 0.4) is 0 Å². The van der Waals surface area contributed by atoms with Crippen LogP contribution in [-0.4, -0.2) is 37.6 Å². The molecule has 6 nitrogen and oxygen atoms in total. The molecule has 2 bridgehead atoms. The lowest BCUT2D eigenvalue weighted by atomic mass is 9.62. The monoisotopic (exact) mass is 416 g/mol. The number of nitrogens with zero attached hydrogens (tertiary/aromatic N) is 2. The highest BCUT2D eigenvalue weighted by atomic mass is 32.2. The maximum absolute atomic E-state index is 13.2. The Balaban J connectivity index is 1.95. The smallest absolute Gasteiger partial charge is 0.243 e. The molecule has 0 aromatic heterocycles. The zero-order chi connectivity index (χ0) is 21.6. The van der Waals surface area contributed by atoms with E-state index in [9.17, 15) is 18.0 Å². The van der Waals surface area contributed by atoms with Gasteiger partial charge in [0.2, 0.25) is 21.8 Å². The third kappa shape index (κ3) is 3.07. The number of amides is 2. The molecule has 3 rings (SSSR count). The molecule has 1 saturated carbocycles. The zero-order valence-electron chi connectivity index (χ0n) is 17.2. The largest absolute Gasteiger partial charge is 0.274 e. The molecule has 0 unspecified atom stereocenters. The molecule has 1 aliphatic carbocycles. The highest BCUT2D eigenvalue weighted by molar-refractivity contribution is 7.89. The van der Waals surface area contributed by atoms with E-state index < -0.39 is 20.9 Å². The first kappa shape index (κ1) is 21.5. The first-order chi connectivity index (χ1) is 13.5. The van der Waals surface area contributed by atoms with E-state index in [0.29, 0.717) is 18.5 Å². The van der Waals surface area contributed by atoms with E-state index in [4.69, 9.17) is 0 Å². The summed E-state index contributed by atoms with van der Waals surface area (Å²) in [7, 11) is -3.74. The summed E-state index contributed by atoms with van der Waals surface area (Å²) in [6.07, 6.45) is 4.39. The van der Waals surface area contributed by atoms with Crippen molar-refractivity contribution in [1.29, 1.82) is 0 Å². The number of hydrogen-bond acceptors (Lipinski definition) is 4. The van der Waals surface area contributed by atoms with Crippen molar-refractivity contribution in [3.8, 4) is 0 Å². The summed E-state index contributed by atoms with van der Waals surface area (Å²) in [5, 5.41) is 0. The molecule has 1 aromatic carbocycles. The summed E-state index contributed by atoms with van der Waals surface area (Å²) in [4.78, 5) is 27.7. The van der Waals surface area contributed by atoms with Crippen LogP contribution in [0.4, 0.5) is 5.69 Å². The SMILES string of the molecule is C=CCN(CC=C)S(=O)(=O)c1ccc(N2C(=O)[C@H]3CC[C@@](C)(C2=O)C3(C)C)cc1. The highest BCUT2D eigenvalue weighted by Crippen LogP contribution is 2.60. The molecule has 0 N–H and O–H groups in total. The predicted molar refractivity (Wildman–Crippen MR) is 113 cm³/mol. The maximum Gasteiger partial charge on any atom is 0.243 e. The van der Waals surface area contributed by atoms with E-state index >= 15 is 0 Å². The molecule has 2 fully saturated rings. The van der Waals surface area contributed by atoms with E-state index in [1.807, 2.05) is 20.8 Å². The van der Waals surface area contributed by atoms with Gasteiger partial charge in [-0.2, -0.15) is 4.31 Å². The number of sulfonamides is 1. The van der Waals surface area contributed by atoms with Crippen LogP contribution in [0, 0.1) is 16.7 Å². The van der Waals surface area contributed by atoms with E-state index in [0.717, 1.165) is 0 Å². The average Bonchev–Trinajstić information content (AvgIpc) is 2.85. The van der Waals surface area contributed by atoms with E-state index in [2.05, 4.69) is 13.2 Å². The van der Waals surface area contributed by atoms with Crippen molar-refractivity contribution in [2.24, 2.45) is 16.7 Å². The molecular weight excluding hydrogens is 388 g/mol. The second-order valence-electron chi connectivity index (χ2n) is 8.52. The molecule has 0 spiro atoms. The van der Waals surface area contributed by atoms with Crippen molar-refractivity contribution in [1.82, 2.24) is 4.31 Å². The Hall–Kier alpha value is -2.25. The standard InChI is InChI=1S/C22H28N2O4S/c1-6-14-23(15-7-2)29(27,28)17-10-8-16(9-11-17)24-19(25)18-12-13-22(5,20(24)26)21(18,3)4/h6-11,18H,1-2,12-15H2,3-5H3/t18-,22+/m1/s1. The number of benzene rings is 1. The lowest BCUT2D eigenvalue weighted by Crippen LogP contribution is -2.59. The van der Waals surface area contributed by atoms with Gasteiger partial charge in [0.1, 0.15) is 0 Å². The van der Waals surface area contributed by atoms with Crippen LogP contribution in [0.1, 0.15) is 33.6 Å². The fraction of sp³-hybridized carbons (Fsp3) is 0.455. The summed E-state index contributed by atoms with van der Waals surface area (Å²) in [6.45, 7) is 13.4. The van der Waals surface area contributed by atoms with Gasteiger partial charge in [0, 0.05) is 19.0 Å². The fourth-order valence-corrected chi connectivity index (χ4v) is 5.92. The highest BCUT2D eigenvalue weighted by Gasteiger charge is 2.64. The lowest BCUT2D eigenvalue weighted by Gasteiger charge is -2.47. The van der Waals surface area contributed by atoms with Gasteiger partial charge < -0.3 is 0 Å². The molecule has 29 heavy (non-hydrogen) atoms.